The Balaban J connectivity index is 2.11. The van der Waals surface area contributed by atoms with E-state index in [1.807, 2.05) is 17.8 Å². The molecule has 3 aromatic rings. The highest BCUT2D eigenvalue weighted by molar-refractivity contribution is 5.58. The molecule has 0 aliphatic carbocycles. The van der Waals surface area contributed by atoms with Gasteiger partial charge in [-0.1, -0.05) is 13.8 Å². The van der Waals surface area contributed by atoms with E-state index >= 15 is 0 Å². The summed E-state index contributed by atoms with van der Waals surface area (Å²) >= 11 is 0. The number of imidazole rings is 1. The van der Waals surface area contributed by atoms with Gasteiger partial charge in [-0.25, -0.2) is 14.4 Å². The molecule has 0 spiro atoms. The van der Waals surface area contributed by atoms with Crippen molar-refractivity contribution in [3.63, 3.8) is 0 Å². The number of rotatable bonds is 5. The number of nitrogens with zero attached hydrogens (tertiary/aromatic N) is 5. The van der Waals surface area contributed by atoms with Crippen LogP contribution in [0.3, 0.4) is 0 Å². The van der Waals surface area contributed by atoms with Crippen LogP contribution in [-0.4, -0.2) is 31.4 Å². The highest BCUT2D eigenvalue weighted by atomic mass is 19.1. The van der Waals surface area contributed by atoms with E-state index in [2.05, 4.69) is 28.9 Å². The molecule has 7 heteroatoms. The first-order valence-electron chi connectivity index (χ1n) is 7.73. The fraction of sp³-hybridized carbons (Fsp3) is 0.353. The van der Waals surface area contributed by atoms with E-state index in [1.54, 1.807) is 23.0 Å². The first-order valence-corrected chi connectivity index (χ1v) is 7.73. The monoisotopic (exact) mass is 329 g/mol. The predicted molar refractivity (Wildman–Crippen MR) is 88.2 cm³/mol. The summed E-state index contributed by atoms with van der Waals surface area (Å²) < 4.78 is 23.2. The minimum Gasteiger partial charge on any atom is -0.497 e. The summed E-state index contributed by atoms with van der Waals surface area (Å²) in [5, 5.41) is 4.15. The van der Waals surface area contributed by atoms with E-state index < -0.39 is 0 Å². The van der Waals surface area contributed by atoms with Crippen molar-refractivity contribution in [3.8, 4) is 17.1 Å². The van der Waals surface area contributed by atoms with Gasteiger partial charge in [0.25, 0.3) is 0 Å². The van der Waals surface area contributed by atoms with Crippen LogP contribution in [0.1, 0.15) is 25.7 Å². The third-order valence-electron chi connectivity index (χ3n) is 4.03. The number of methoxy groups -OCH3 is 1. The molecule has 2 aromatic heterocycles. The molecule has 1 aromatic carbocycles. The van der Waals surface area contributed by atoms with E-state index in [9.17, 15) is 4.39 Å². The summed E-state index contributed by atoms with van der Waals surface area (Å²) in [7, 11) is 3.36. The molecule has 2 heterocycles. The van der Waals surface area contributed by atoms with Gasteiger partial charge in [0, 0.05) is 25.5 Å². The lowest BCUT2D eigenvalue weighted by atomic mass is 10.0. The number of aromatic nitrogens is 5. The Kier molecular flexibility index (Phi) is 4.33. The molecule has 0 bridgehead atoms. The predicted octanol–water partition coefficient (Wildman–Crippen LogP) is 3.07. The Morgan fingerprint density at radius 1 is 1.21 bits per heavy atom. The second kappa shape index (κ2) is 6.43. The number of benzene rings is 1. The SMILES string of the molecule is COc1ccc(-c2nccn2C(c2ncnn2C)C(C)C)c(F)c1. The zero-order valence-electron chi connectivity index (χ0n) is 14.1. The van der Waals surface area contributed by atoms with Crippen LogP contribution in [-0.2, 0) is 7.05 Å². The number of aryl methyl sites for hydroxylation is 1. The van der Waals surface area contributed by atoms with Crippen molar-refractivity contribution in [2.75, 3.05) is 7.11 Å². The van der Waals surface area contributed by atoms with Crippen LogP contribution in [0, 0.1) is 11.7 Å². The molecular formula is C17H20FN5O. The van der Waals surface area contributed by atoms with Crippen LogP contribution >= 0.6 is 0 Å². The molecule has 24 heavy (non-hydrogen) atoms. The first-order chi connectivity index (χ1) is 11.5. The molecule has 3 rings (SSSR count). The minimum absolute atomic E-state index is 0.100. The topological polar surface area (TPSA) is 57.8 Å². The summed E-state index contributed by atoms with van der Waals surface area (Å²) in [6.45, 7) is 4.18. The minimum atomic E-state index is -0.373. The average molecular weight is 329 g/mol. The van der Waals surface area contributed by atoms with Crippen molar-refractivity contribution in [2.45, 2.75) is 19.9 Å². The van der Waals surface area contributed by atoms with Gasteiger partial charge in [0.15, 0.2) is 0 Å². The Morgan fingerprint density at radius 2 is 2.00 bits per heavy atom. The van der Waals surface area contributed by atoms with Crippen LogP contribution in [0.5, 0.6) is 5.75 Å². The van der Waals surface area contributed by atoms with Gasteiger partial charge >= 0.3 is 0 Å². The molecule has 0 aliphatic rings. The maximum atomic E-state index is 14.5. The number of ether oxygens (including phenoxy) is 1. The van der Waals surface area contributed by atoms with E-state index in [0.29, 0.717) is 17.1 Å². The van der Waals surface area contributed by atoms with Gasteiger partial charge in [-0.15, -0.1) is 0 Å². The van der Waals surface area contributed by atoms with Gasteiger partial charge in [0.1, 0.15) is 29.5 Å². The second-order valence-electron chi connectivity index (χ2n) is 5.93. The van der Waals surface area contributed by atoms with Gasteiger partial charge in [-0.05, 0) is 18.1 Å². The van der Waals surface area contributed by atoms with Crippen molar-refractivity contribution < 1.29 is 9.13 Å². The molecule has 0 aliphatic heterocycles. The molecule has 0 saturated heterocycles. The van der Waals surface area contributed by atoms with Crippen molar-refractivity contribution in [1.82, 2.24) is 24.3 Å². The summed E-state index contributed by atoms with van der Waals surface area (Å²) in [6, 6.07) is 4.67. The summed E-state index contributed by atoms with van der Waals surface area (Å²) in [6.07, 6.45) is 5.04. The highest BCUT2D eigenvalue weighted by Gasteiger charge is 2.26. The molecule has 0 radical (unpaired) electrons. The molecule has 0 N–H and O–H groups in total. The van der Waals surface area contributed by atoms with Crippen molar-refractivity contribution in [2.24, 2.45) is 13.0 Å². The molecule has 1 atom stereocenters. The smallest absolute Gasteiger partial charge is 0.149 e. The number of hydrogen-bond donors (Lipinski definition) is 0. The van der Waals surface area contributed by atoms with Gasteiger partial charge in [0.2, 0.25) is 0 Å². The number of hydrogen-bond acceptors (Lipinski definition) is 4. The van der Waals surface area contributed by atoms with Crippen LogP contribution in [0.15, 0.2) is 36.9 Å². The summed E-state index contributed by atoms with van der Waals surface area (Å²) in [5.41, 5.74) is 0.425. The Labute approximate surface area is 139 Å². The van der Waals surface area contributed by atoms with E-state index in [1.165, 1.54) is 19.5 Å². The van der Waals surface area contributed by atoms with Gasteiger partial charge in [-0.3, -0.25) is 4.68 Å². The molecule has 1 unspecified atom stereocenters. The first kappa shape index (κ1) is 16.2. The second-order valence-corrected chi connectivity index (χ2v) is 5.93. The van der Waals surface area contributed by atoms with Crippen LogP contribution in [0.4, 0.5) is 4.39 Å². The maximum Gasteiger partial charge on any atom is 0.149 e. The van der Waals surface area contributed by atoms with Gasteiger partial charge < -0.3 is 9.30 Å². The lowest BCUT2D eigenvalue weighted by Gasteiger charge is -2.23. The molecule has 0 saturated carbocycles. The lowest BCUT2D eigenvalue weighted by Crippen LogP contribution is -2.21. The molecule has 126 valence electrons. The Morgan fingerprint density at radius 3 is 2.58 bits per heavy atom. The maximum absolute atomic E-state index is 14.5. The van der Waals surface area contributed by atoms with E-state index in [0.717, 1.165) is 5.82 Å². The van der Waals surface area contributed by atoms with Crippen LogP contribution < -0.4 is 4.74 Å². The fourth-order valence-electron chi connectivity index (χ4n) is 2.87. The molecular weight excluding hydrogens is 309 g/mol. The third kappa shape index (κ3) is 2.77. The molecule has 0 amide bonds. The Bertz CT molecular complexity index is 839. The lowest BCUT2D eigenvalue weighted by molar-refractivity contribution is 0.403. The van der Waals surface area contributed by atoms with Gasteiger partial charge in [-0.2, -0.15) is 5.10 Å². The fourth-order valence-corrected chi connectivity index (χ4v) is 2.87. The zero-order valence-corrected chi connectivity index (χ0v) is 14.1. The molecule has 0 fully saturated rings. The van der Waals surface area contributed by atoms with Crippen molar-refractivity contribution >= 4 is 0 Å². The third-order valence-corrected chi connectivity index (χ3v) is 4.03. The summed E-state index contributed by atoms with van der Waals surface area (Å²) in [4.78, 5) is 8.74. The number of halogens is 1. The van der Waals surface area contributed by atoms with Crippen molar-refractivity contribution in [3.05, 3.63) is 48.6 Å². The average Bonchev–Trinajstić information content (AvgIpc) is 3.17. The quantitative estimate of drug-likeness (QED) is 0.722. The van der Waals surface area contributed by atoms with Gasteiger partial charge in [0.05, 0.1) is 18.7 Å². The standard InChI is InChI=1S/C17H20FN5O/c1-11(2)15(17-20-10-21-22(17)3)23-8-7-19-16(23)13-6-5-12(24-4)9-14(13)18/h5-11,15H,1-4H3. The largest absolute Gasteiger partial charge is 0.497 e. The highest BCUT2D eigenvalue weighted by Crippen LogP contribution is 2.32. The Hall–Kier alpha value is -2.70. The van der Waals surface area contributed by atoms with Crippen molar-refractivity contribution in [1.29, 1.82) is 0 Å². The molecule has 6 nitrogen and oxygen atoms in total. The zero-order chi connectivity index (χ0) is 17.3. The van der Waals surface area contributed by atoms with E-state index in [-0.39, 0.29) is 17.8 Å². The van der Waals surface area contributed by atoms with E-state index in [4.69, 9.17) is 4.74 Å². The summed E-state index contributed by atoms with van der Waals surface area (Å²) in [5.74, 6) is 1.68. The van der Waals surface area contributed by atoms with Crippen LogP contribution in [0.25, 0.3) is 11.4 Å². The van der Waals surface area contributed by atoms with Crippen LogP contribution in [0.2, 0.25) is 0 Å². The normalized spacial score (nSPS) is 12.6.